The van der Waals surface area contributed by atoms with E-state index in [4.69, 9.17) is 27.9 Å². The Balaban J connectivity index is 1.79. The fraction of sp³-hybridized carbons (Fsp3) is 0.400. The van der Waals surface area contributed by atoms with Crippen molar-refractivity contribution in [2.75, 3.05) is 0 Å². The molecule has 0 N–H and O–H groups in total. The largest absolute Gasteiger partial charge is 0.459 e. The summed E-state index contributed by atoms with van der Waals surface area (Å²) in [5.74, 6) is -0.483. The van der Waals surface area contributed by atoms with Gasteiger partial charge in [0.1, 0.15) is 22.0 Å². The Hall–Kier alpha value is -1.59. The Labute approximate surface area is 136 Å². The van der Waals surface area contributed by atoms with Crippen molar-refractivity contribution in [3.05, 3.63) is 46.0 Å². The first-order valence-corrected chi connectivity index (χ1v) is 7.52. The SMILES string of the molecule is Cc1ccc2nc(COC(=O)C3(C)CC3(Cl)Cl)cc(=O)n2c1. The summed E-state index contributed by atoms with van der Waals surface area (Å²) in [5, 5.41) is 0. The summed E-state index contributed by atoms with van der Waals surface area (Å²) in [5.41, 5.74) is 0.741. The monoisotopic (exact) mass is 340 g/mol. The molecule has 1 atom stereocenters. The van der Waals surface area contributed by atoms with E-state index in [2.05, 4.69) is 4.98 Å². The molecule has 1 unspecified atom stereocenters. The summed E-state index contributed by atoms with van der Waals surface area (Å²) < 4.78 is 5.58. The number of carbonyl (C=O) groups is 1. The number of fused-ring (bicyclic) bond motifs is 1. The Morgan fingerprint density at radius 3 is 2.77 bits per heavy atom. The maximum atomic E-state index is 12.0. The maximum absolute atomic E-state index is 12.0. The highest BCUT2D eigenvalue weighted by Gasteiger charge is 2.69. The molecule has 0 spiro atoms. The predicted molar refractivity (Wildman–Crippen MR) is 83.2 cm³/mol. The molecule has 116 valence electrons. The van der Waals surface area contributed by atoms with Gasteiger partial charge in [0.05, 0.1) is 5.69 Å². The lowest BCUT2D eigenvalue weighted by Gasteiger charge is -2.11. The molecule has 3 rings (SSSR count). The van der Waals surface area contributed by atoms with E-state index in [0.717, 1.165) is 5.56 Å². The third-order valence-corrected chi connectivity index (χ3v) is 5.02. The molecule has 2 heterocycles. The number of esters is 1. The van der Waals surface area contributed by atoms with Crippen LogP contribution in [0.1, 0.15) is 24.6 Å². The lowest BCUT2D eigenvalue weighted by molar-refractivity contribution is -0.151. The zero-order valence-electron chi connectivity index (χ0n) is 12.1. The van der Waals surface area contributed by atoms with Crippen molar-refractivity contribution < 1.29 is 9.53 Å². The highest BCUT2D eigenvalue weighted by Crippen LogP contribution is 2.64. The van der Waals surface area contributed by atoms with Crippen molar-refractivity contribution in [2.45, 2.75) is 31.2 Å². The van der Waals surface area contributed by atoms with Crippen LogP contribution in [0.5, 0.6) is 0 Å². The standard InChI is InChI=1S/C15H14Cl2N2O3/c1-9-3-4-11-18-10(5-12(20)19(11)6-9)7-22-13(21)14(2)8-15(14,16)17/h3-6H,7-8H2,1-2H3. The number of alkyl halides is 2. The number of hydrogen-bond donors (Lipinski definition) is 0. The Morgan fingerprint density at radius 2 is 2.14 bits per heavy atom. The molecular weight excluding hydrogens is 327 g/mol. The van der Waals surface area contributed by atoms with Crippen LogP contribution in [-0.4, -0.2) is 19.7 Å². The molecule has 1 aliphatic rings. The number of halogens is 2. The van der Waals surface area contributed by atoms with E-state index in [1.807, 2.05) is 13.0 Å². The van der Waals surface area contributed by atoms with E-state index >= 15 is 0 Å². The molecule has 0 radical (unpaired) electrons. The second kappa shape index (κ2) is 4.96. The van der Waals surface area contributed by atoms with Crippen LogP contribution >= 0.6 is 23.2 Å². The van der Waals surface area contributed by atoms with Gasteiger partial charge in [-0.05, 0) is 25.5 Å². The van der Waals surface area contributed by atoms with Gasteiger partial charge in [-0.1, -0.05) is 6.07 Å². The van der Waals surface area contributed by atoms with E-state index in [1.165, 1.54) is 10.5 Å². The van der Waals surface area contributed by atoms with E-state index < -0.39 is 15.7 Å². The summed E-state index contributed by atoms with van der Waals surface area (Å²) in [7, 11) is 0. The smallest absolute Gasteiger partial charge is 0.315 e. The summed E-state index contributed by atoms with van der Waals surface area (Å²) in [4.78, 5) is 28.4. The van der Waals surface area contributed by atoms with Gasteiger partial charge in [-0.2, -0.15) is 0 Å². The van der Waals surface area contributed by atoms with Gasteiger partial charge in [0.15, 0.2) is 0 Å². The number of carbonyl (C=O) groups excluding carboxylic acids is 1. The van der Waals surface area contributed by atoms with Crippen molar-refractivity contribution in [3.8, 4) is 0 Å². The fourth-order valence-electron chi connectivity index (χ4n) is 2.25. The molecule has 2 aromatic rings. The van der Waals surface area contributed by atoms with Crippen molar-refractivity contribution in [3.63, 3.8) is 0 Å². The molecule has 1 saturated carbocycles. The molecule has 1 aliphatic carbocycles. The minimum Gasteiger partial charge on any atom is -0.459 e. The van der Waals surface area contributed by atoms with Crippen molar-refractivity contribution in [2.24, 2.45) is 5.41 Å². The fourth-order valence-corrected chi connectivity index (χ4v) is 2.94. The molecule has 0 bridgehead atoms. The second-order valence-electron chi connectivity index (χ2n) is 5.81. The Morgan fingerprint density at radius 1 is 1.45 bits per heavy atom. The first-order chi connectivity index (χ1) is 10.2. The number of pyridine rings is 1. The number of nitrogens with zero attached hydrogens (tertiary/aromatic N) is 2. The first-order valence-electron chi connectivity index (χ1n) is 6.77. The number of hydrogen-bond acceptors (Lipinski definition) is 4. The molecule has 5 nitrogen and oxygen atoms in total. The molecular formula is C15H14Cl2N2O3. The van der Waals surface area contributed by atoms with Crippen molar-refractivity contribution in [1.82, 2.24) is 9.38 Å². The normalized spacial score (nSPS) is 22.5. The van der Waals surface area contributed by atoms with Crippen LogP contribution in [0.3, 0.4) is 0 Å². The predicted octanol–water partition coefficient (Wildman–Crippen LogP) is 2.63. The van der Waals surface area contributed by atoms with Crippen molar-refractivity contribution in [1.29, 1.82) is 0 Å². The highest BCUT2D eigenvalue weighted by molar-refractivity contribution is 6.53. The highest BCUT2D eigenvalue weighted by atomic mass is 35.5. The molecule has 22 heavy (non-hydrogen) atoms. The van der Waals surface area contributed by atoms with Crippen LogP contribution in [-0.2, 0) is 16.1 Å². The number of ether oxygens (including phenoxy) is 1. The van der Waals surface area contributed by atoms with Crippen LogP contribution in [0.2, 0.25) is 0 Å². The molecule has 0 aliphatic heterocycles. The molecule has 2 aromatic heterocycles. The molecule has 0 aromatic carbocycles. The molecule has 7 heteroatoms. The van der Waals surface area contributed by atoms with Gasteiger partial charge < -0.3 is 4.74 Å². The number of aryl methyl sites for hydroxylation is 1. The van der Waals surface area contributed by atoms with E-state index in [0.29, 0.717) is 17.8 Å². The van der Waals surface area contributed by atoms with Gasteiger partial charge >= 0.3 is 5.97 Å². The maximum Gasteiger partial charge on any atom is 0.315 e. The van der Waals surface area contributed by atoms with Crippen LogP contribution in [0, 0.1) is 12.3 Å². The summed E-state index contributed by atoms with van der Waals surface area (Å²) in [6, 6.07) is 4.95. The van der Waals surface area contributed by atoms with E-state index in [1.54, 1.807) is 19.2 Å². The zero-order valence-corrected chi connectivity index (χ0v) is 13.6. The number of aromatic nitrogens is 2. The third kappa shape index (κ3) is 2.48. The average molecular weight is 341 g/mol. The van der Waals surface area contributed by atoms with Crippen LogP contribution < -0.4 is 5.56 Å². The summed E-state index contributed by atoms with van der Waals surface area (Å²) in [6.07, 6.45) is 2.07. The van der Waals surface area contributed by atoms with Crippen LogP contribution in [0.4, 0.5) is 0 Å². The lowest BCUT2D eigenvalue weighted by atomic mass is 10.1. The molecule has 1 fully saturated rings. The van der Waals surface area contributed by atoms with Gasteiger partial charge in [0.25, 0.3) is 5.56 Å². The lowest BCUT2D eigenvalue weighted by Crippen LogP contribution is -2.22. The van der Waals surface area contributed by atoms with Gasteiger partial charge in [0.2, 0.25) is 0 Å². The summed E-state index contributed by atoms with van der Waals surface area (Å²) >= 11 is 11.9. The minimum absolute atomic E-state index is 0.0854. The summed E-state index contributed by atoms with van der Waals surface area (Å²) in [6.45, 7) is 3.46. The van der Waals surface area contributed by atoms with Gasteiger partial charge in [-0.15, -0.1) is 23.2 Å². The second-order valence-corrected chi connectivity index (χ2v) is 7.29. The van der Waals surface area contributed by atoms with Gasteiger partial charge in [0, 0.05) is 18.7 Å². The Kier molecular flexibility index (Phi) is 3.45. The quantitative estimate of drug-likeness (QED) is 0.636. The zero-order chi connectivity index (χ0) is 16.1. The van der Waals surface area contributed by atoms with E-state index in [9.17, 15) is 9.59 Å². The van der Waals surface area contributed by atoms with Crippen molar-refractivity contribution >= 4 is 34.8 Å². The molecule has 0 amide bonds. The van der Waals surface area contributed by atoms with Crippen LogP contribution in [0.15, 0.2) is 29.2 Å². The third-order valence-electron chi connectivity index (χ3n) is 3.92. The first kappa shape index (κ1) is 15.3. The number of rotatable bonds is 3. The molecule has 0 saturated heterocycles. The Bertz CT molecular complexity index is 831. The topological polar surface area (TPSA) is 60.7 Å². The minimum atomic E-state index is -1.07. The van der Waals surface area contributed by atoms with Crippen LogP contribution in [0.25, 0.3) is 5.65 Å². The van der Waals surface area contributed by atoms with Gasteiger partial charge in [-0.3, -0.25) is 14.0 Å². The average Bonchev–Trinajstić information content (AvgIpc) is 2.97. The van der Waals surface area contributed by atoms with E-state index in [-0.39, 0.29) is 12.2 Å². The van der Waals surface area contributed by atoms with Gasteiger partial charge in [-0.25, -0.2) is 4.98 Å².